The topological polar surface area (TPSA) is 46.5 Å². The van der Waals surface area contributed by atoms with E-state index in [0.29, 0.717) is 5.56 Å². The maximum atomic E-state index is 11.3. The van der Waals surface area contributed by atoms with Gasteiger partial charge in [0.2, 0.25) is 0 Å². The third-order valence-electron chi connectivity index (χ3n) is 2.05. The number of carbonyl (C=O) groups excluding carboxylic acids is 1. The number of benzene rings is 1. The summed E-state index contributed by atoms with van der Waals surface area (Å²) in [6.07, 6.45) is -1.02. The van der Waals surface area contributed by atoms with E-state index in [0.717, 1.165) is 4.47 Å². The summed E-state index contributed by atoms with van der Waals surface area (Å²) in [5, 5.41) is 9.86. The number of carbonyl (C=O) groups is 1. The van der Waals surface area contributed by atoms with Gasteiger partial charge in [0.25, 0.3) is 0 Å². The number of ether oxygens (including phenoxy) is 1. The average molecular weight is 285 g/mol. The zero-order valence-corrected chi connectivity index (χ0v) is 10.5. The van der Waals surface area contributed by atoms with E-state index in [1.54, 1.807) is 31.2 Å². The summed E-state index contributed by atoms with van der Waals surface area (Å²) in [5.74, 6) is -0.571. The molecule has 1 aromatic carbocycles. The van der Waals surface area contributed by atoms with E-state index >= 15 is 0 Å². The monoisotopic (exact) mass is 284 g/mol. The molecule has 0 amide bonds. The van der Waals surface area contributed by atoms with Crippen LogP contribution in [0.4, 0.5) is 0 Å². The van der Waals surface area contributed by atoms with Gasteiger partial charge in [-0.1, -0.05) is 34.6 Å². The molecule has 16 heavy (non-hydrogen) atoms. The van der Waals surface area contributed by atoms with Crippen molar-refractivity contribution in [2.24, 2.45) is 0 Å². The Bertz CT molecular complexity index is 384. The molecule has 0 aliphatic rings. The Morgan fingerprint density at radius 1 is 1.50 bits per heavy atom. The minimum Gasteiger partial charge on any atom is -0.463 e. The van der Waals surface area contributed by atoms with Crippen LogP contribution in [0, 0.1) is 0 Å². The fraction of sp³-hybridized carbons (Fsp3) is 0.250. The van der Waals surface area contributed by atoms with Crippen molar-refractivity contribution in [1.82, 2.24) is 0 Å². The lowest BCUT2D eigenvalue weighted by atomic mass is 10.0. The third-order valence-corrected chi connectivity index (χ3v) is 2.58. The molecule has 1 rings (SSSR count). The second-order valence-electron chi connectivity index (χ2n) is 3.20. The Hall–Kier alpha value is -1.13. The van der Waals surface area contributed by atoms with Crippen molar-refractivity contribution >= 4 is 21.9 Å². The Morgan fingerprint density at radius 3 is 2.56 bits per heavy atom. The predicted octanol–water partition coefficient (Wildman–Crippen LogP) is 2.60. The first kappa shape index (κ1) is 12.9. The van der Waals surface area contributed by atoms with Crippen LogP contribution in [0.3, 0.4) is 0 Å². The first-order valence-electron chi connectivity index (χ1n) is 4.85. The highest BCUT2D eigenvalue weighted by molar-refractivity contribution is 9.10. The van der Waals surface area contributed by atoms with Crippen molar-refractivity contribution in [2.75, 3.05) is 6.61 Å². The molecule has 1 aromatic rings. The Balaban J connectivity index is 2.77. The maximum Gasteiger partial charge on any atom is 0.336 e. The molecule has 0 heterocycles. The number of hydrogen-bond donors (Lipinski definition) is 1. The minimum absolute atomic E-state index is 0.0455. The van der Waals surface area contributed by atoms with E-state index in [4.69, 9.17) is 4.74 Å². The van der Waals surface area contributed by atoms with Gasteiger partial charge in [-0.25, -0.2) is 4.79 Å². The Kier molecular flexibility index (Phi) is 4.71. The van der Waals surface area contributed by atoms with Crippen LogP contribution in [0.2, 0.25) is 0 Å². The lowest BCUT2D eigenvalue weighted by molar-refractivity contribution is -0.139. The zero-order chi connectivity index (χ0) is 12.1. The standard InChI is InChI=1S/C12H13BrO3/c1-3-16-12(15)8(2)11(14)9-4-6-10(13)7-5-9/h4-7,11,14H,2-3H2,1H3/t11-/m1/s1. The van der Waals surface area contributed by atoms with Gasteiger partial charge in [-0.3, -0.25) is 0 Å². The summed E-state index contributed by atoms with van der Waals surface area (Å²) in [6.45, 7) is 5.51. The molecule has 1 N–H and O–H groups in total. The first-order chi connectivity index (χ1) is 7.56. The van der Waals surface area contributed by atoms with Crippen molar-refractivity contribution < 1.29 is 14.6 Å². The van der Waals surface area contributed by atoms with Gasteiger partial charge in [0.1, 0.15) is 6.10 Å². The number of esters is 1. The Morgan fingerprint density at radius 2 is 2.06 bits per heavy atom. The zero-order valence-electron chi connectivity index (χ0n) is 8.94. The molecule has 4 heteroatoms. The maximum absolute atomic E-state index is 11.3. The fourth-order valence-electron chi connectivity index (χ4n) is 1.18. The SMILES string of the molecule is C=C(C(=O)OCC)[C@@H](O)c1ccc(Br)cc1. The van der Waals surface area contributed by atoms with Gasteiger partial charge in [-0.05, 0) is 24.6 Å². The van der Waals surface area contributed by atoms with E-state index in [1.807, 2.05) is 0 Å². The van der Waals surface area contributed by atoms with Gasteiger partial charge in [0.15, 0.2) is 0 Å². The largest absolute Gasteiger partial charge is 0.463 e. The molecule has 1 atom stereocenters. The Labute approximate surface area is 103 Å². The molecule has 0 unspecified atom stereocenters. The van der Waals surface area contributed by atoms with E-state index in [-0.39, 0.29) is 12.2 Å². The van der Waals surface area contributed by atoms with Gasteiger partial charge in [0, 0.05) is 4.47 Å². The molecular formula is C12H13BrO3. The number of hydrogen-bond acceptors (Lipinski definition) is 3. The lowest BCUT2D eigenvalue weighted by Gasteiger charge is -2.12. The van der Waals surface area contributed by atoms with E-state index in [1.165, 1.54) is 0 Å². The lowest BCUT2D eigenvalue weighted by Crippen LogP contribution is -2.13. The van der Waals surface area contributed by atoms with E-state index < -0.39 is 12.1 Å². The smallest absolute Gasteiger partial charge is 0.336 e. The molecular weight excluding hydrogens is 272 g/mol. The molecule has 3 nitrogen and oxygen atoms in total. The molecule has 0 saturated carbocycles. The van der Waals surface area contributed by atoms with Crippen LogP contribution in [0.15, 0.2) is 40.9 Å². The highest BCUT2D eigenvalue weighted by Gasteiger charge is 2.18. The molecule has 86 valence electrons. The fourth-order valence-corrected chi connectivity index (χ4v) is 1.45. The van der Waals surface area contributed by atoms with Crippen molar-refractivity contribution in [2.45, 2.75) is 13.0 Å². The number of aliphatic hydroxyl groups is 1. The van der Waals surface area contributed by atoms with Crippen LogP contribution in [-0.4, -0.2) is 17.7 Å². The summed E-state index contributed by atoms with van der Waals surface area (Å²) < 4.78 is 5.67. The second kappa shape index (κ2) is 5.82. The summed E-state index contributed by atoms with van der Waals surface area (Å²) in [7, 11) is 0. The number of halogens is 1. The second-order valence-corrected chi connectivity index (χ2v) is 4.12. The normalized spacial score (nSPS) is 11.9. The average Bonchev–Trinajstić information content (AvgIpc) is 2.28. The van der Waals surface area contributed by atoms with Crippen LogP contribution in [0.25, 0.3) is 0 Å². The number of rotatable bonds is 4. The van der Waals surface area contributed by atoms with Crippen molar-refractivity contribution in [1.29, 1.82) is 0 Å². The molecule has 0 aromatic heterocycles. The molecule has 0 saturated heterocycles. The van der Waals surface area contributed by atoms with E-state index in [2.05, 4.69) is 22.5 Å². The molecule has 0 aliphatic heterocycles. The third kappa shape index (κ3) is 3.18. The first-order valence-corrected chi connectivity index (χ1v) is 5.65. The number of aliphatic hydroxyl groups excluding tert-OH is 1. The van der Waals surface area contributed by atoms with Gasteiger partial charge in [0.05, 0.1) is 12.2 Å². The predicted molar refractivity (Wildman–Crippen MR) is 64.9 cm³/mol. The van der Waals surface area contributed by atoms with Crippen LogP contribution >= 0.6 is 15.9 Å². The summed E-state index contributed by atoms with van der Waals surface area (Å²) in [6, 6.07) is 7.02. The van der Waals surface area contributed by atoms with Crippen molar-refractivity contribution in [3.63, 3.8) is 0 Å². The van der Waals surface area contributed by atoms with Gasteiger partial charge >= 0.3 is 5.97 Å². The van der Waals surface area contributed by atoms with Crippen LogP contribution in [0.1, 0.15) is 18.6 Å². The molecule has 0 spiro atoms. The molecule has 0 radical (unpaired) electrons. The van der Waals surface area contributed by atoms with Gasteiger partial charge < -0.3 is 9.84 Å². The quantitative estimate of drug-likeness (QED) is 0.683. The minimum atomic E-state index is -1.02. The van der Waals surface area contributed by atoms with Gasteiger partial charge in [-0.15, -0.1) is 0 Å². The van der Waals surface area contributed by atoms with Crippen LogP contribution in [-0.2, 0) is 9.53 Å². The highest BCUT2D eigenvalue weighted by atomic mass is 79.9. The molecule has 0 fully saturated rings. The van der Waals surface area contributed by atoms with Crippen molar-refractivity contribution in [3.05, 3.63) is 46.5 Å². The summed E-state index contributed by atoms with van der Waals surface area (Å²) in [4.78, 5) is 11.3. The van der Waals surface area contributed by atoms with E-state index in [9.17, 15) is 9.90 Å². The van der Waals surface area contributed by atoms with Crippen LogP contribution < -0.4 is 0 Å². The van der Waals surface area contributed by atoms with Crippen LogP contribution in [0.5, 0.6) is 0 Å². The summed E-state index contributed by atoms with van der Waals surface area (Å²) >= 11 is 3.29. The molecule has 0 bridgehead atoms. The highest BCUT2D eigenvalue weighted by Crippen LogP contribution is 2.22. The summed E-state index contributed by atoms with van der Waals surface area (Å²) in [5.41, 5.74) is 0.658. The van der Waals surface area contributed by atoms with Crippen molar-refractivity contribution in [3.8, 4) is 0 Å². The molecule has 0 aliphatic carbocycles. The van der Waals surface area contributed by atoms with Gasteiger partial charge in [-0.2, -0.15) is 0 Å².